The summed E-state index contributed by atoms with van der Waals surface area (Å²) in [5.41, 5.74) is 3.24. The number of benzene rings is 3. The average molecular weight is 527 g/mol. The van der Waals surface area contributed by atoms with Gasteiger partial charge in [-0.15, -0.1) is 12.4 Å². The molecule has 164 valence electrons. The molecule has 0 fully saturated rings. The van der Waals surface area contributed by atoms with Crippen LogP contribution in [0.3, 0.4) is 0 Å². The second-order valence-electron chi connectivity index (χ2n) is 6.82. The van der Waals surface area contributed by atoms with Gasteiger partial charge in [-0.3, -0.25) is 0 Å². The summed E-state index contributed by atoms with van der Waals surface area (Å²) in [6.07, 6.45) is 0. The van der Waals surface area contributed by atoms with E-state index in [9.17, 15) is 0 Å². The zero-order valence-corrected chi connectivity index (χ0v) is 20.0. The maximum Gasteiger partial charge on any atom is 0.231 e. The van der Waals surface area contributed by atoms with Crippen LogP contribution in [0.5, 0.6) is 23.0 Å². The van der Waals surface area contributed by atoms with E-state index < -0.39 is 0 Å². The van der Waals surface area contributed by atoms with Gasteiger partial charge in [0.25, 0.3) is 0 Å². The molecule has 0 radical (unpaired) electrons. The highest BCUT2D eigenvalue weighted by atomic mass is 79.9. The lowest BCUT2D eigenvalue weighted by molar-refractivity contribution is 0.174. The summed E-state index contributed by atoms with van der Waals surface area (Å²) in [5, 5.41) is 4.15. The van der Waals surface area contributed by atoms with Crippen molar-refractivity contribution in [2.24, 2.45) is 0 Å². The smallest absolute Gasteiger partial charge is 0.231 e. The SMILES string of the molecule is COc1cc(CNCc2ccc3c(c2)OCO3)cc(Br)c1OCc1ccc(Cl)cc1.Cl. The summed E-state index contributed by atoms with van der Waals surface area (Å²) < 4.78 is 23.2. The molecule has 0 saturated carbocycles. The first-order chi connectivity index (χ1) is 14.6. The molecule has 0 unspecified atom stereocenters. The third kappa shape index (κ3) is 5.98. The number of halogens is 3. The van der Waals surface area contributed by atoms with Crippen molar-refractivity contribution in [2.75, 3.05) is 13.9 Å². The highest BCUT2D eigenvalue weighted by Crippen LogP contribution is 2.37. The molecular formula is C23H22BrCl2NO4. The van der Waals surface area contributed by atoms with Crippen molar-refractivity contribution in [2.45, 2.75) is 19.7 Å². The number of hydrogen-bond donors (Lipinski definition) is 1. The van der Waals surface area contributed by atoms with Gasteiger partial charge in [-0.1, -0.05) is 29.8 Å². The van der Waals surface area contributed by atoms with Gasteiger partial charge >= 0.3 is 0 Å². The fraction of sp³-hybridized carbons (Fsp3) is 0.217. The van der Waals surface area contributed by atoms with Gasteiger partial charge in [0.1, 0.15) is 6.61 Å². The lowest BCUT2D eigenvalue weighted by atomic mass is 10.1. The van der Waals surface area contributed by atoms with E-state index in [4.69, 9.17) is 30.5 Å². The summed E-state index contributed by atoms with van der Waals surface area (Å²) >= 11 is 9.55. The molecule has 0 aromatic heterocycles. The van der Waals surface area contributed by atoms with Crippen LogP contribution in [0.2, 0.25) is 5.02 Å². The van der Waals surface area contributed by atoms with E-state index in [0.29, 0.717) is 36.2 Å². The van der Waals surface area contributed by atoms with E-state index in [-0.39, 0.29) is 19.2 Å². The highest BCUT2D eigenvalue weighted by Gasteiger charge is 2.14. The van der Waals surface area contributed by atoms with Gasteiger partial charge < -0.3 is 24.3 Å². The summed E-state index contributed by atoms with van der Waals surface area (Å²) in [5.74, 6) is 2.94. The van der Waals surface area contributed by atoms with Crippen LogP contribution in [-0.2, 0) is 19.7 Å². The second kappa shape index (κ2) is 11.0. The minimum Gasteiger partial charge on any atom is -0.493 e. The van der Waals surface area contributed by atoms with Gasteiger partial charge in [-0.25, -0.2) is 0 Å². The van der Waals surface area contributed by atoms with Gasteiger partial charge in [0.15, 0.2) is 23.0 Å². The van der Waals surface area contributed by atoms with Crippen LogP contribution in [0.1, 0.15) is 16.7 Å². The predicted molar refractivity (Wildman–Crippen MR) is 127 cm³/mol. The summed E-state index contributed by atoms with van der Waals surface area (Å²) in [4.78, 5) is 0. The monoisotopic (exact) mass is 525 g/mol. The zero-order chi connectivity index (χ0) is 20.9. The Morgan fingerprint density at radius 1 is 0.935 bits per heavy atom. The lowest BCUT2D eigenvalue weighted by Crippen LogP contribution is -2.13. The Balaban J connectivity index is 0.00000272. The quantitative estimate of drug-likeness (QED) is 0.382. The molecule has 1 heterocycles. The molecule has 0 aliphatic carbocycles. The van der Waals surface area contributed by atoms with Crippen LogP contribution in [0.15, 0.2) is 59.1 Å². The van der Waals surface area contributed by atoms with E-state index in [2.05, 4.69) is 21.2 Å². The number of rotatable bonds is 8. The highest BCUT2D eigenvalue weighted by molar-refractivity contribution is 9.10. The van der Waals surface area contributed by atoms with Crippen molar-refractivity contribution in [1.29, 1.82) is 0 Å². The molecule has 1 aliphatic rings. The molecule has 3 aromatic carbocycles. The Hall–Kier alpha value is -2.12. The minimum atomic E-state index is 0. The fourth-order valence-electron chi connectivity index (χ4n) is 3.15. The average Bonchev–Trinajstić information content (AvgIpc) is 3.22. The third-order valence-corrected chi connectivity index (χ3v) is 5.52. The van der Waals surface area contributed by atoms with Crippen LogP contribution >= 0.6 is 39.9 Å². The van der Waals surface area contributed by atoms with E-state index >= 15 is 0 Å². The molecule has 1 aliphatic heterocycles. The maximum atomic E-state index is 6.00. The van der Waals surface area contributed by atoms with Gasteiger partial charge in [0, 0.05) is 18.1 Å². The molecule has 1 N–H and O–H groups in total. The van der Waals surface area contributed by atoms with Crippen LogP contribution < -0.4 is 24.3 Å². The molecule has 31 heavy (non-hydrogen) atoms. The molecule has 5 nitrogen and oxygen atoms in total. The number of nitrogens with one attached hydrogen (secondary N) is 1. The molecule has 0 spiro atoms. The van der Waals surface area contributed by atoms with Crippen LogP contribution in [-0.4, -0.2) is 13.9 Å². The first-order valence-electron chi connectivity index (χ1n) is 9.45. The fourth-order valence-corrected chi connectivity index (χ4v) is 3.88. The predicted octanol–water partition coefficient (Wildman–Crippen LogP) is 6.13. The molecule has 4 rings (SSSR count). The minimum absolute atomic E-state index is 0. The number of hydrogen-bond acceptors (Lipinski definition) is 5. The standard InChI is InChI=1S/C23H21BrClNO4.ClH/c1-27-22-10-17(12-26-11-16-4-7-20-21(9-16)30-14-29-20)8-19(24)23(22)28-13-15-2-5-18(25)6-3-15;/h2-10,26H,11-14H2,1H3;1H. The summed E-state index contributed by atoms with van der Waals surface area (Å²) in [7, 11) is 1.64. The third-order valence-electron chi connectivity index (χ3n) is 4.68. The molecule has 0 atom stereocenters. The molecule has 3 aromatic rings. The Morgan fingerprint density at radius 2 is 1.65 bits per heavy atom. The summed E-state index contributed by atoms with van der Waals surface area (Å²) in [6, 6.07) is 17.6. The Kier molecular flexibility index (Phi) is 8.32. The van der Waals surface area contributed by atoms with Gasteiger partial charge in [0.05, 0.1) is 11.6 Å². The van der Waals surface area contributed by atoms with Crippen molar-refractivity contribution in [3.05, 3.63) is 80.8 Å². The number of methoxy groups -OCH3 is 1. The van der Waals surface area contributed by atoms with Crippen LogP contribution in [0, 0.1) is 0 Å². The normalized spacial score (nSPS) is 11.7. The topological polar surface area (TPSA) is 49.0 Å². The lowest BCUT2D eigenvalue weighted by Gasteiger charge is -2.15. The Labute approximate surface area is 201 Å². The van der Waals surface area contributed by atoms with Crippen molar-refractivity contribution in [3.63, 3.8) is 0 Å². The Morgan fingerprint density at radius 3 is 2.42 bits per heavy atom. The second-order valence-corrected chi connectivity index (χ2v) is 8.11. The summed E-state index contributed by atoms with van der Waals surface area (Å²) in [6.45, 7) is 2.10. The van der Waals surface area contributed by atoms with E-state index in [1.54, 1.807) is 7.11 Å². The molecule has 8 heteroatoms. The first kappa shape index (κ1) is 23.5. The van der Waals surface area contributed by atoms with Crippen molar-refractivity contribution in [1.82, 2.24) is 5.32 Å². The van der Waals surface area contributed by atoms with Crippen molar-refractivity contribution >= 4 is 39.9 Å². The van der Waals surface area contributed by atoms with Crippen LogP contribution in [0.4, 0.5) is 0 Å². The zero-order valence-electron chi connectivity index (χ0n) is 16.8. The van der Waals surface area contributed by atoms with Crippen molar-refractivity contribution < 1.29 is 18.9 Å². The Bertz CT molecular complexity index is 1030. The molecular weight excluding hydrogens is 505 g/mol. The largest absolute Gasteiger partial charge is 0.493 e. The van der Waals surface area contributed by atoms with Gasteiger partial charge in [0.2, 0.25) is 6.79 Å². The molecule has 0 amide bonds. The van der Waals surface area contributed by atoms with E-state index in [0.717, 1.165) is 32.7 Å². The van der Waals surface area contributed by atoms with Crippen LogP contribution in [0.25, 0.3) is 0 Å². The van der Waals surface area contributed by atoms with Gasteiger partial charge in [-0.2, -0.15) is 0 Å². The van der Waals surface area contributed by atoms with Crippen molar-refractivity contribution in [3.8, 4) is 23.0 Å². The van der Waals surface area contributed by atoms with E-state index in [1.807, 2.05) is 54.6 Å². The van der Waals surface area contributed by atoms with E-state index in [1.165, 1.54) is 0 Å². The van der Waals surface area contributed by atoms with Gasteiger partial charge in [-0.05, 0) is 69.0 Å². The molecule has 0 bridgehead atoms. The maximum absolute atomic E-state index is 6.00. The number of ether oxygens (including phenoxy) is 4. The molecule has 0 saturated heterocycles. The number of fused-ring (bicyclic) bond motifs is 1. The first-order valence-corrected chi connectivity index (χ1v) is 10.6.